The van der Waals surface area contributed by atoms with Crippen LogP contribution in [0.2, 0.25) is 0 Å². The first-order chi connectivity index (χ1) is 20.7. The Morgan fingerprint density at radius 1 is 0.884 bits per heavy atom. The number of hydrogen-bond acceptors (Lipinski definition) is 7. The molecule has 7 nitrogen and oxygen atoms in total. The Hall–Kier alpha value is -5.04. The molecule has 0 aliphatic carbocycles. The third kappa shape index (κ3) is 6.56. The van der Waals surface area contributed by atoms with Gasteiger partial charge in [0.05, 0.1) is 18.2 Å². The van der Waals surface area contributed by atoms with Crippen LogP contribution in [0, 0.1) is 34.8 Å². The van der Waals surface area contributed by atoms with Gasteiger partial charge in [0, 0.05) is 39.6 Å². The molecule has 0 saturated carbocycles. The number of hydrogen-bond donors (Lipinski definition) is 1. The molecule has 214 valence electrons. The average molecular weight is 601 g/mol. The molecule has 12 heteroatoms. The Labute approximate surface area is 247 Å². The molecule has 1 N–H and O–H groups in total. The molecular formula is C31H20F4N6OS. The molecule has 0 fully saturated rings. The Balaban J connectivity index is 1.31. The number of thioether (sulfide) groups is 1. The first-order valence-electron chi connectivity index (χ1n) is 12.6. The lowest BCUT2D eigenvalue weighted by molar-refractivity contribution is -0.207. The maximum absolute atomic E-state index is 15.9. The number of aromatic nitrogens is 5. The molecule has 1 atom stereocenters. The van der Waals surface area contributed by atoms with Crippen molar-refractivity contribution >= 4 is 11.8 Å². The van der Waals surface area contributed by atoms with Crippen LogP contribution < -0.4 is 0 Å². The Morgan fingerprint density at radius 2 is 1.58 bits per heavy atom. The third-order valence-electron chi connectivity index (χ3n) is 6.46. The highest BCUT2D eigenvalue weighted by Gasteiger charge is 2.58. The molecule has 3 aromatic carbocycles. The van der Waals surface area contributed by atoms with Gasteiger partial charge in [0.1, 0.15) is 23.7 Å². The van der Waals surface area contributed by atoms with Crippen molar-refractivity contribution in [1.29, 1.82) is 5.26 Å². The number of aliphatic hydroxyl groups is 1. The van der Waals surface area contributed by atoms with E-state index in [1.54, 1.807) is 23.9 Å². The molecule has 0 bridgehead atoms. The second kappa shape index (κ2) is 12.4. The summed E-state index contributed by atoms with van der Waals surface area (Å²) in [5, 5.41) is 30.4. The molecule has 2 heterocycles. The molecule has 2 aromatic heterocycles. The first kappa shape index (κ1) is 29.5. The highest BCUT2D eigenvalue weighted by Crippen LogP contribution is 2.46. The van der Waals surface area contributed by atoms with E-state index in [-0.39, 0.29) is 0 Å². The van der Waals surface area contributed by atoms with E-state index in [1.807, 2.05) is 36.4 Å². The maximum atomic E-state index is 15.9. The fourth-order valence-corrected chi connectivity index (χ4v) is 5.01. The highest BCUT2D eigenvalue weighted by atomic mass is 32.2. The number of nitriles is 1. The fraction of sp³-hybridized carbons (Fsp3) is 0.129. The Kier molecular flexibility index (Phi) is 8.53. The SMILES string of the molecule is N#Cc1ccc(SCc2ccc(C#Cc3ccc(C(F)(F)C(O)(Cn4cnnn4)c4ccc(F)cc4F)nc3)cc2)cc1. The second-order valence-electron chi connectivity index (χ2n) is 9.37. The molecule has 0 saturated heterocycles. The summed E-state index contributed by atoms with van der Waals surface area (Å²) in [6.45, 7) is -0.944. The van der Waals surface area contributed by atoms with Crippen LogP contribution in [0.3, 0.4) is 0 Å². The van der Waals surface area contributed by atoms with Crippen molar-refractivity contribution in [2.24, 2.45) is 0 Å². The van der Waals surface area contributed by atoms with Crippen LogP contribution in [0.1, 0.15) is 33.5 Å². The first-order valence-corrected chi connectivity index (χ1v) is 13.6. The van der Waals surface area contributed by atoms with Crippen molar-refractivity contribution in [2.45, 2.75) is 28.7 Å². The smallest absolute Gasteiger partial charge is 0.323 e. The molecule has 1 unspecified atom stereocenters. The minimum absolute atomic E-state index is 0.331. The summed E-state index contributed by atoms with van der Waals surface area (Å²) < 4.78 is 60.8. The zero-order chi connectivity index (χ0) is 30.5. The zero-order valence-corrected chi connectivity index (χ0v) is 22.9. The molecule has 0 spiro atoms. The minimum Gasteiger partial charge on any atom is -0.377 e. The van der Waals surface area contributed by atoms with Gasteiger partial charge >= 0.3 is 5.92 Å². The second-order valence-corrected chi connectivity index (χ2v) is 10.4. The van der Waals surface area contributed by atoms with E-state index in [0.29, 0.717) is 22.8 Å². The van der Waals surface area contributed by atoms with Gasteiger partial charge in [-0.3, -0.25) is 4.98 Å². The van der Waals surface area contributed by atoms with Crippen molar-refractivity contribution in [3.63, 3.8) is 0 Å². The van der Waals surface area contributed by atoms with E-state index in [9.17, 15) is 13.9 Å². The van der Waals surface area contributed by atoms with E-state index < -0.39 is 41.0 Å². The zero-order valence-electron chi connectivity index (χ0n) is 22.1. The Bertz CT molecular complexity index is 1810. The topological polar surface area (TPSA) is 101 Å². The summed E-state index contributed by atoms with van der Waals surface area (Å²) >= 11 is 1.63. The van der Waals surface area contributed by atoms with Crippen LogP contribution in [-0.2, 0) is 23.8 Å². The van der Waals surface area contributed by atoms with Gasteiger partial charge in [-0.2, -0.15) is 14.0 Å². The number of alkyl halides is 2. The van der Waals surface area contributed by atoms with Crippen LogP contribution in [0.15, 0.2) is 96.3 Å². The predicted molar refractivity (Wildman–Crippen MR) is 149 cm³/mol. The van der Waals surface area contributed by atoms with E-state index in [4.69, 9.17) is 5.26 Å². The number of rotatable bonds is 8. The van der Waals surface area contributed by atoms with Crippen LogP contribution in [0.5, 0.6) is 0 Å². The minimum atomic E-state index is -4.16. The third-order valence-corrected chi connectivity index (χ3v) is 7.54. The van der Waals surface area contributed by atoms with Crippen molar-refractivity contribution < 1.29 is 22.7 Å². The lowest BCUT2D eigenvalue weighted by atomic mass is 9.84. The van der Waals surface area contributed by atoms with E-state index in [1.165, 1.54) is 6.07 Å². The molecule has 0 amide bonds. The van der Waals surface area contributed by atoms with Crippen LogP contribution in [0.25, 0.3) is 0 Å². The molecule has 43 heavy (non-hydrogen) atoms. The molecule has 0 aliphatic rings. The summed E-state index contributed by atoms with van der Waals surface area (Å²) in [7, 11) is 0. The van der Waals surface area contributed by atoms with Gasteiger partial charge in [-0.05, 0) is 76.7 Å². The quantitative estimate of drug-likeness (QED) is 0.141. The number of tetrazole rings is 1. The molecule has 5 rings (SSSR count). The van der Waals surface area contributed by atoms with Crippen LogP contribution in [-0.4, -0.2) is 30.3 Å². The highest BCUT2D eigenvalue weighted by molar-refractivity contribution is 7.98. The van der Waals surface area contributed by atoms with Crippen LogP contribution >= 0.6 is 11.8 Å². The monoisotopic (exact) mass is 600 g/mol. The van der Waals surface area contributed by atoms with Gasteiger partial charge in [-0.1, -0.05) is 24.0 Å². The lowest BCUT2D eigenvalue weighted by Gasteiger charge is -2.35. The molecule has 0 aliphatic heterocycles. The summed E-state index contributed by atoms with van der Waals surface area (Å²) in [6.07, 6.45) is 2.10. The van der Waals surface area contributed by atoms with Crippen molar-refractivity contribution in [2.75, 3.05) is 0 Å². The predicted octanol–water partition coefficient (Wildman–Crippen LogP) is 5.59. The van der Waals surface area contributed by atoms with Gasteiger partial charge in [0.15, 0.2) is 5.60 Å². The summed E-state index contributed by atoms with van der Waals surface area (Å²) in [4.78, 5) is 4.86. The fourth-order valence-electron chi connectivity index (χ4n) is 4.15. The van der Waals surface area contributed by atoms with Gasteiger partial charge in [-0.25, -0.2) is 13.5 Å². The molecular weight excluding hydrogens is 580 g/mol. The number of nitrogens with zero attached hydrogens (tertiary/aromatic N) is 6. The number of halogens is 4. The average Bonchev–Trinajstić information content (AvgIpc) is 3.52. The van der Waals surface area contributed by atoms with Gasteiger partial charge in [0.25, 0.3) is 0 Å². The Morgan fingerprint density at radius 3 is 2.21 bits per heavy atom. The number of pyridine rings is 1. The standard InChI is InChI=1S/C31H20F4N6OS/c32-25-10-13-27(28(33)15-25)30(42,19-41-20-38-39-40-41)31(34,35)29-14-9-23(17-37-29)4-1-21-2-5-24(6-3-21)18-43-26-11-7-22(16-36)8-12-26/h2-3,5-15,17,20,42H,18-19H2. The summed E-state index contributed by atoms with van der Waals surface area (Å²) in [5.41, 5.74) is -2.23. The van der Waals surface area contributed by atoms with Crippen molar-refractivity contribution in [1.82, 2.24) is 25.2 Å². The van der Waals surface area contributed by atoms with E-state index >= 15 is 8.78 Å². The number of benzene rings is 3. The normalized spacial score (nSPS) is 12.6. The maximum Gasteiger partial charge on any atom is 0.323 e. The lowest BCUT2D eigenvalue weighted by Crippen LogP contribution is -2.48. The van der Waals surface area contributed by atoms with Gasteiger partial charge in [0.2, 0.25) is 0 Å². The van der Waals surface area contributed by atoms with Gasteiger partial charge in [-0.15, -0.1) is 16.9 Å². The van der Waals surface area contributed by atoms with Crippen molar-refractivity contribution in [3.05, 3.63) is 137 Å². The van der Waals surface area contributed by atoms with Crippen molar-refractivity contribution in [3.8, 4) is 17.9 Å². The van der Waals surface area contributed by atoms with E-state index in [2.05, 4.69) is 38.4 Å². The van der Waals surface area contributed by atoms with Gasteiger partial charge < -0.3 is 5.11 Å². The van der Waals surface area contributed by atoms with Crippen LogP contribution in [0.4, 0.5) is 17.6 Å². The summed E-state index contributed by atoms with van der Waals surface area (Å²) in [6, 6.07) is 21.2. The van der Waals surface area contributed by atoms with E-state index in [0.717, 1.165) is 51.6 Å². The molecule has 5 aromatic rings. The molecule has 0 radical (unpaired) electrons. The largest absolute Gasteiger partial charge is 0.377 e. The summed E-state index contributed by atoms with van der Waals surface area (Å²) in [5.74, 6) is 0.0303.